The first kappa shape index (κ1) is 15.5. The number of likely N-dealkylation sites (N-methyl/N-ethyl adjacent to an activating group) is 1. The molecular weight excluding hydrogens is 240 g/mol. The van der Waals surface area contributed by atoms with Crippen molar-refractivity contribution in [3.05, 3.63) is 24.0 Å². The second kappa shape index (κ2) is 7.75. The van der Waals surface area contributed by atoms with Gasteiger partial charge in [0.25, 0.3) is 5.91 Å². The number of carbonyl (C=O) groups is 1. The van der Waals surface area contributed by atoms with Crippen LogP contribution < -0.4 is 11.5 Å². The molecule has 0 aromatic rings. The normalized spacial score (nSPS) is 13.0. The van der Waals surface area contributed by atoms with Crippen LogP contribution in [0.15, 0.2) is 29.0 Å². The van der Waals surface area contributed by atoms with Gasteiger partial charge >= 0.3 is 0 Å². The van der Waals surface area contributed by atoms with Crippen molar-refractivity contribution in [2.45, 2.75) is 6.92 Å². The van der Waals surface area contributed by atoms with Crippen LogP contribution in [-0.4, -0.2) is 36.0 Å². The predicted molar refractivity (Wildman–Crippen MR) is 70.9 cm³/mol. The molecule has 7 heteroatoms. The number of nitrogens with zero attached hydrogens (tertiary/aromatic N) is 2. The molecule has 0 aliphatic rings. The van der Waals surface area contributed by atoms with Gasteiger partial charge in [-0.1, -0.05) is 31.3 Å². The fourth-order valence-electron chi connectivity index (χ4n) is 0.913. The van der Waals surface area contributed by atoms with Gasteiger partial charge in [0.15, 0.2) is 5.17 Å². The van der Waals surface area contributed by atoms with E-state index in [1.807, 2.05) is 6.92 Å². The second-order valence-corrected chi connectivity index (χ2v) is 4.16. The van der Waals surface area contributed by atoms with Crippen LogP contribution in [0.2, 0.25) is 0 Å². The summed E-state index contributed by atoms with van der Waals surface area (Å²) in [5.74, 6) is 0.364. The maximum Gasteiger partial charge on any atom is 0.280 e. The molecule has 17 heavy (non-hydrogen) atoms. The predicted octanol–water partition coefficient (Wildman–Crippen LogP) is 0.430. The lowest BCUT2D eigenvalue weighted by atomic mass is 10.2. The summed E-state index contributed by atoms with van der Waals surface area (Å²) < 4.78 is 0. The van der Waals surface area contributed by atoms with E-state index in [1.165, 1.54) is 32.0 Å². The Morgan fingerprint density at radius 1 is 1.59 bits per heavy atom. The standard InChI is InChI=1S/C10H18N4O2S/c1-5-7(9(15)14(3)16-4)8(11)13-10(12)17-6-2/h5H,1,6,11H2,2-4H3,(H2,12,13)/b8-7+. The van der Waals surface area contributed by atoms with E-state index in [-0.39, 0.29) is 11.4 Å². The number of hydrogen-bond acceptors (Lipinski definition) is 5. The minimum absolute atomic E-state index is 0.0207. The lowest BCUT2D eigenvalue weighted by Crippen LogP contribution is -2.28. The third-order valence-electron chi connectivity index (χ3n) is 1.79. The summed E-state index contributed by atoms with van der Waals surface area (Å²) in [5, 5.41) is 1.33. The number of aliphatic imine (C=N–C) groups is 1. The lowest BCUT2D eigenvalue weighted by molar-refractivity contribution is -0.163. The van der Waals surface area contributed by atoms with Gasteiger partial charge in [-0.2, -0.15) is 0 Å². The first-order valence-electron chi connectivity index (χ1n) is 4.89. The Kier molecular flexibility index (Phi) is 7.08. The summed E-state index contributed by atoms with van der Waals surface area (Å²) in [6.07, 6.45) is 1.32. The first-order chi connectivity index (χ1) is 7.97. The van der Waals surface area contributed by atoms with E-state index in [2.05, 4.69) is 11.6 Å². The van der Waals surface area contributed by atoms with Gasteiger partial charge in [0.05, 0.1) is 12.7 Å². The number of hydroxylamine groups is 2. The fraction of sp³-hybridized carbons (Fsp3) is 0.400. The highest BCUT2D eigenvalue weighted by Crippen LogP contribution is 2.08. The number of carbonyl (C=O) groups excluding carboxylic acids is 1. The van der Waals surface area contributed by atoms with E-state index in [4.69, 9.17) is 16.3 Å². The summed E-state index contributed by atoms with van der Waals surface area (Å²) in [6, 6.07) is 0. The number of rotatable bonds is 5. The molecule has 0 rings (SSSR count). The third kappa shape index (κ3) is 4.92. The molecule has 0 unspecified atom stereocenters. The average molecular weight is 258 g/mol. The van der Waals surface area contributed by atoms with Crippen molar-refractivity contribution < 1.29 is 9.63 Å². The Balaban J connectivity index is 5.13. The molecular formula is C10H18N4O2S. The lowest BCUT2D eigenvalue weighted by Gasteiger charge is -2.14. The number of thioether (sulfide) groups is 1. The fourth-order valence-corrected chi connectivity index (χ4v) is 1.37. The van der Waals surface area contributed by atoms with E-state index in [9.17, 15) is 4.79 Å². The highest BCUT2D eigenvalue weighted by molar-refractivity contribution is 8.13. The number of amidine groups is 1. The Morgan fingerprint density at radius 3 is 2.59 bits per heavy atom. The van der Waals surface area contributed by atoms with Crippen molar-refractivity contribution in [3.8, 4) is 0 Å². The Morgan fingerprint density at radius 2 is 2.18 bits per heavy atom. The summed E-state index contributed by atoms with van der Waals surface area (Å²) in [7, 11) is 2.84. The molecule has 0 aliphatic carbocycles. The topological polar surface area (TPSA) is 93.9 Å². The third-order valence-corrected chi connectivity index (χ3v) is 2.47. The molecule has 1 amide bonds. The molecule has 0 saturated carbocycles. The van der Waals surface area contributed by atoms with Crippen LogP contribution in [0.4, 0.5) is 0 Å². The van der Waals surface area contributed by atoms with Crippen LogP contribution in [0.5, 0.6) is 0 Å². The summed E-state index contributed by atoms with van der Waals surface area (Å²) in [4.78, 5) is 20.4. The maximum absolute atomic E-state index is 11.8. The maximum atomic E-state index is 11.8. The quantitative estimate of drug-likeness (QED) is 0.245. The van der Waals surface area contributed by atoms with Gasteiger partial charge in [-0.3, -0.25) is 9.63 Å². The van der Waals surface area contributed by atoms with Crippen LogP contribution in [0, 0.1) is 0 Å². The van der Waals surface area contributed by atoms with Crippen molar-refractivity contribution >= 4 is 22.8 Å². The van der Waals surface area contributed by atoms with E-state index in [0.717, 1.165) is 10.8 Å². The Labute approximate surface area is 105 Å². The summed E-state index contributed by atoms with van der Waals surface area (Å²) in [6.45, 7) is 5.45. The molecule has 0 radical (unpaired) electrons. The van der Waals surface area contributed by atoms with E-state index in [1.54, 1.807) is 0 Å². The molecule has 4 N–H and O–H groups in total. The van der Waals surface area contributed by atoms with Gasteiger partial charge in [0, 0.05) is 7.05 Å². The molecule has 0 atom stereocenters. The highest BCUT2D eigenvalue weighted by atomic mass is 32.2. The van der Waals surface area contributed by atoms with Crippen molar-refractivity contribution in [1.29, 1.82) is 0 Å². The molecule has 0 aliphatic heterocycles. The first-order valence-corrected chi connectivity index (χ1v) is 5.87. The second-order valence-electron chi connectivity index (χ2n) is 2.87. The Bertz CT molecular complexity index is 352. The molecule has 0 aromatic heterocycles. The van der Waals surface area contributed by atoms with Gasteiger partial charge in [-0.15, -0.1) is 0 Å². The summed E-state index contributed by atoms with van der Waals surface area (Å²) in [5.41, 5.74) is 11.4. The summed E-state index contributed by atoms with van der Waals surface area (Å²) >= 11 is 1.34. The van der Waals surface area contributed by atoms with Gasteiger partial charge in [0.2, 0.25) is 0 Å². The Hall–Kier alpha value is -1.47. The van der Waals surface area contributed by atoms with Crippen molar-refractivity contribution in [1.82, 2.24) is 5.06 Å². The minimum Gasteiger partial charge on any atom is -0.383 e. The van der Waals surface area contributed by atoms with E-state index >= 15 is 0 Å². The monoisotopic (exact) mass is 258 g/mol. The van der Waals surface area contributed by atoms with Crippen molar-refractivity contribution in [2.24, 2.45) is 16.5 Å². The minimum atomic E-state index is -0.432. The van der Waals surface area contributed by atoms with Gasteiger partial charge < -0.3 is 11.5 Å². The van der Waals surface area contributed by atoms with Crippen LogP contribution >= 0.6 is 11.8 Å². The molecule has 0 fully saturated rings. The number of amides is 1. The number of nitrogens with two attached hydrogens (primary N) is 2. The average Bonchev–Trinajstić information content (AvgIpc) is 2.28. The zero-order chi connectivity index (χ0) is 13.4. The van der Waals surface area contributed by atoms with Crippen molar-refractivity contribution in [3.63, 3.8) is 0 Å². The zero-order valence-corrected chi connectivity index (χ0v) is 11.1. The molecule has 0 aromatic carbocycles. The van der Waals surface area contributed by atoms with Crippen LogP contribution in [-0.2, 0) is 9.63 Å². The van der Waals surface area contributed by atoms with E-state index < -0.39 is 5.91 Å². The van der Waals surface area contributed by atoms with E-state index in [0.29, 0.717) is 5.17 Å². The zero-order valence-electron chi connectivity index (χ0n) is 10.3. The van der Waals surface area contributed by atoms with Gasteiger partial charge in [0.1, 0.15) is 5.82 Å². The molecule has 0 saturated heterocycles. The SMILES string of the molecule is C=C/C(C(=O)N(C)OC)=C(/N)N=C(N)SCC. The largest absolute Gasteiger partial charge is 0.383 e. The van der Waals surface area contributed by atoms with Gasteiger partial charge in [-0.05, 0) is 5.75 Å². The molecule has 6 nitrogen and oxygen atoms in total. The number of hydrogen-bond donors (Lipinski definition) is 2. The molecule has 0 spiro atoms. The highest BCUT2D eigenvalue weighted by Gasteiger charge is 2.15. The van der Waals surface area contributed by atoms with Crippen LogP contribution in [0.3, 0.4) is 0 Å². The molecule has 0 bridgehead atoms. The molecule has 0 heterocycles. The van der Waals surface area contributed by atoms with Crippen LogP contribution in [0.1, 0.15) is 6.92 Å². The van der Waals surface area contributed by atoms with Crippen molar-refractivity contribution in [2.75, 3.05) is 19.9 Å². The smallest absolute Gasteiger partial charge is 0.280 e. The molecule has 96 valence electrons. The van der Waals surface area contributed by atoms with Gasteiger partial charge in [-0.25, -0.2) is 10.1 Å². The van der Waals surface area contributed by atoms with Crippen LogP contribution in [0.25, 0.3) is 0 Å².